The summed E-state index contributed by atoms with van der Waals surface area (Å²) in [4.78, 5) is 11.4. The molecule has 0 aromatic heterocycles. The molecule has 24 heavy (non-hydrogen) atoms. The summed E-state index contributed by atoms with van der Waals surface area (Å²) in [6.45, 7) is 1.70. The van der Waals surface area contributed by atoms with Crippen molar-refractivity contribution in [2.24, 2.45) is 0 Å². The normalized spacial score (nSPS) is 17.0. The molecule has 1 atom stereocenters. The molecule has 1 unspecified atom stereocenters. The highest BCUT2D eigenvalue weighted by atomic mass is 32.2. The minimum atomic E-state index is -3.85. The first-order chi connectivity index (χ1) is 11.4. The maximum atomic E-state index is 13.5. The Hall–Kier alpha value is -2.25. The summed E-state index contributed by atoms with van der Waals surface area (Å²) in [5.41, 5.74) is 0.781. The molecule has 0 amide bonds. The highest BCUT2D eigenvalue weighted by Gasteiger charge is 2.27. The van der Waals surface area contributed by atoms with E-state index in [1.165, 1.54) is 43.3 Å². The Balaban J connectivity index is 1.93. The minimum Gasteiger partial charge on any atom is -0.493 e. The minimum absolute atomic E-state index is 0.000329. The van der Waals surface area contributed by atoms with Gasteiger partial charge in [-0.3, -0.25) is 4.79 Å². The second kappa shape index (κ2) is 6.33. The first-order valence-electron chi connectivity index (χ1n) is 7.42. The molecule has 0 aliphatic carbocycles. The van der Waals surface area contributed by atoms with Crippen molar-refractivity contribution in [2.75, 3.05) is 6.61 Å². The molecule has 126 valence electrons. The van der Waals surface area contributed by atoms with Crippen LogP contribution in [0.4, 0.5) is 4.39 Å². The van der Waals surface area contributed by atoms with Gasteiger partial charge in [0.15, 0.2) is 5.78 Å². The van der Waals surface area contributed by atoms with Gasteiger partial charge in [-0.25, -0.2) is 17.5 Å². The van der Waals surface area contributed by atoms with Gasteiger partial charge >= 0.3 is 0 Å². The lowest BCUT2D eigenvalue weighted by Gasteiger charge is -2.26. The lowest BCUT2D eigenvalue weighted by Crippen LogP contribution is -2.32. The van der Waals surface area contributed by atoms with Crippen LogP contribution in [0, 0.1) is 5.82 Å². The summed E-state index contributed by atoms with van der Waals surface area (Å²) in [5.74, 6) is -0.208. The van der Waals surface area contributed by atoms with Gasteiger partial charge in [-0.2, -0.15) is 0 Å². The van der Waals surface area contributed by atoms with Crippen molar-refractivity contribution in [2.45, 2.75) is 24.3 Å². The molecule has 1 aliphatic heterocycles. The van der Waals surface area contributed by atoms with Gasteiger partial charge in [0.25, 0.3) is 0 Å². The molecule has 1 heterocycles. The fourth-order valence-electron chi connectivity index (χ4n) is 2.63. The van der Waals surface area contributed by atoms with Crippen LogP contribution in [0.1, 0.15) is 35.3 Å². The number of ketones is 1. The predicted octanol–water partition coefficient (Wildman–Crippen LogP) is 2.83. The third kappa shape index (κ3) is 3.32. The number of benzene rings is 2. The maximum absolute atomic E-state index is 13.5. The number of hydrogen-bond acceptors (Lipinski definition) is 4. The molecular formula is C17H16FNO4S. The van der Waals surface area contributed by atoms with E-state index in [1.807, 2.05) is 0 Å². The van der Waals surface area contributed by atoms with Gasteiger partial charge < -0.3 is 4.74 Å². The van der Waals surface area contributed by atoms with E-state index in [4.69, 9.17) is 4.74 Å². The average molecular weight is 349 g/mol. The van der Waals surface area contributed by atoms with Gasteiger partial charge in [0.1, 0.15) is 11.6 Å². The number of nitrogens with one attached hydrogen (secondary N) is 1. The van der Waals surface area contributed by atoms with Gasteiger partial charge in [0, 0.05) is 17.5 Å². The van der Waals surface area contributed by atoms with Crippen LogP contribution in [0.2, 0.25) is 0 Å². The van der Waals surface area contributed by atoms with E-state index in [2.05, 4.69) is 4.72 Å². The zero-order chi connectivity index (χ0) is 17.3. The highest BCUT2D eigenvalue weighted by Crippen LogP contribution is 2.33. The van der Waals surface area contributed by atoms with Crippen molar-refractivity contribution in [1.29, 1.82) is 0 Å². The molecule has 1 aliphatic rings. The van der Waals surface area contributed by atoms with Gasteiger partial charge in [0.05, 0.1) is 17.5 Å². The van der Waals surface area contributed by atoms with E-state index >= 15 is 0 Å². The van der Waals surface area contributed by atoms with E-state index in [1.54, 1.807) is 6.07 Å². The monoisotopic (exact) mass is 349 g/mol. The van der Waals surface area contributed by atoms with Crippen molar-refractivity contribution in [3.8, 4) is 5.75 Å². The fourth-order valence-corrected chi connectivity index (χ4v) is 3.92. The molecule has 0 fully saturated rings. The third-order valence-electron chi connectivity index (χ3n) is 3.86. The lowest BCUT2D eigenvalue weighted by atomic mass is 10.0. The van der Waals surface area contributed by atoms with Gasteiger partial charge in [-0.05, 0) is 37.3 Å². The van der Waals surface area contributed by atoms with Crippen molar-refractivity contribution in [3.63, 3.8) is 0 Å². The molecule has 0 bridgehead atoms. The van der Waals surface area contributed by atoms with Crippen LogP contribution in [0.3, 0.4) is 0 Å². The first-order valence-corrected chi connectivity index (χ1v) is 8.91. The number of halogens is 1. The molecular weight excluding hydrogens is 333 g/mol. The van der Waals surface area contributed by atoms with E-state index in [0.29, 0.717) is 29.9 Å². The van der Waals surface area contributed by atoms with Gasteiger partial charge in [-0.1, -0.05) is 12.1 Å². The number of hydrogen-bond donors (Lipinski definition) is 1. The first kappa shape index (κ1) is 16.6. The smallest absolute Gasteiger partial charge is 0.241 e. The van der Waals surface area contributed by atoms with E-state index < -0.39 is 21.9 Å². The van der Waals surface area contributed by atoms with Gasteiger partial charge in [-0.15, -0.1) is 0 Å². The third-order valence-corrected chi connectivity index (χ3v) is 5.33. The second-order valence-corrected chi connectivity index (χ2v) is 7.29. The number of carbonyl (C=O) groups excluding carboxylic acids is 1. The highest BCUT2D eigenvalue weighted by molar-refractivity contribution is 7.89. The summed E-state index contributed by atoms with van der Waals surface area (Å²) in [6.07, 6.45) is 0.391. The van der Waals surface area contributed by atoms with Crippen LogP contribution < -0.4 is 9.46 Å². The molecule has 0 radical (unpaired) electrons. The van der Waals surface area contributed by atoms with Crippen LogP contribution in [-0.2, 0) is 10.0 Å². The lowest BCUT2D eigenvalue weighted by molar-refractivity contribution is 0.101. The van der Waals surface area contributed by atoms with Crippen molar-refractivity contribution in [1.82, 2.24) is 4.72 Å². The zero-order valence-corrected chi connectivity index (χ0v) is 13.8. The fraction of sp³-hybridized carbons (Fsp3) is 0.235. The SMILES string of the molecule is CC(=O)c1cccc(S(=O)(=O)NC2CCOc3ccc(F)cc32)c1. The van der Waals surface area contributed by atoms with Gasteiger partial charge in [0.2, 0.25) is 10.0 Å². The van der Waals surface area contributed by atoms with Crippen molar-refractivity contribution in [3.05, 3.63) is 59.4 Å². The molecule has 7 heteroatoms. The molecule has 0 spiro atoms. The van der Waals surface area contributed by atoms with Crippen LogP contribution >= 0.6 is 0 Å². The summed E-state index contributed by atoms with van der Waals surface area (Å²) in [6, 6.07) is 9.26. The van der Waals surface area contributed by atoms with E-state index in [9.17, 15) is 17.6 Å². The summed E-state index contributed by atoms with van der Waals surface area (Å²) < 4.78 is 46.7. The average Bonchev–Trinajstić information content (AvgIpc) is 2.55. The number of ether oxygens (including phenoxy) is 1. The Morgan fingerprint density at radius 2 is 2.04 bits per heavy atom. The number of Topliss-reactive ketones (excluding diaryl/α,β-unsaturated/α-hetero) is 1. The Morgan fingerprint density at radius 1 is 1.25 bits per heavy atom. The van der Waals surface area contributed by atoms with Crippen LogP contribution in [0.15, 0.2) is 47.4 Å². The predicted molar refractivity (Wildman–Crippen MR) is 86.0 cm³/mol. The number of fused-ring (bicyclic) bond motifs is 1. The van der Waals surface area contributed by atoms with Crippen molar-refractivity contribution < 1.29 is 22.3 Å². The zero-order valence-electron chi connectivity index (χ0n) is 13.0. The summed E-state index contributed by atoms with van der Waals surface area (Å²) >= 11 is 0. The Labute approximate surface area is 139 Å². The largest absolute Gasteiger partial charge is 0.493 e. The number of rotatable bonds is 4. The Kier molecular flexibility index (Phi) is 4.38. The van der Waals surface area contributed by atoms with Crippen molar-refractivity contribution >= 4 is 15.8 Å². The van der Waals surface area contributed by atoms with E-state index in [0.717, 1.165) is 0 Å². The molecule has 0 saturated heterocycles. The van der Waals surface area contributed by atoms with Crippen LogP contribution in [0.25, 0.3) is 0 Å². The Bertz CT molecular complexity index is 895. The van der Waals surface area contributed by atoms with Crippen LogP contribution in [-0.4, -0.2) is 20.8 Å². The summed E-state index contributed by atoms with van der Waals surface area (Å²) in [7, 11) is -3.85. The topological polar surface area (TPSA) is 72.5 Å². The summed E-state index contributed by atoms with van der Waals surface area (Å²) in [5, 5.41) is 0. The second-order valence-electron chi connectivity index (χ2n) is 5.58. The van der Waals surface area contributed by atoms with Crippen LogP contribution in [0.5, 0.6) is 5.75 Å². The standard InChI is InChI=1S/C17H16FNO4S/c1-11(20)12-3-2-4-14(9-12)24(21,22)19-16-7-8-23-17-6-5-13(18)10-15(16)17/h2-6,9-10,16,19H,7-8H2,1H3. The number of carbonyl (C=O) groups is 1. The van der Waals surface area contributed by atoms with E-state index in [-0.39, 0.29) is 10.7 Å². The quantitative estimate of drug-likeness (QED) is 0.862. The molecule has 2 aromatic rings. The number of sulfonamides is 1. The molecule has 5 nitrogen and oxygen atoms in total. The molecule has 1 N–H and O–H groups in total. The maximum Gasteiger partial charge on any atom is 0.241 e. The molecule has 0 saturated carbocycles. The Morgan fingerprint density at radius 3 is 2.79 bits per heavy atom. The molecule has 3 rings (SSSR count). The molecule has 2 aromatic carbocycles.